The molecule has 0 radical (unpaired) electrons. The summed E-state index contributed by atoms with van der Waals surface area (Å²) in [6.45, 7) is 5.74. The maximum Gasteiger partial charge on any atom is 0.296 e. The van der Waals surface area contributed by atoms with Gasteiger partial charge in [-0.15, -0.1) is 0 Å². The van der Waals surface area contributed by atoms with Crippen molar-refractivity contribution in [3.63, 3.8) is 0 Å². The van der Waals surface area contributed by atoms with Crippen molar-refractivity contribution in [3.05, 3.63) is 94.6 Å². The summed E-state index contributed by atoms with van der Waals surface area (Å²) in [5, 5.41) is 11.4. The summed E-state index contributed by atoms with van der Waals surface area (Å²) < 4.78 is 28.8. The molecule has 192 valence electrons. The molecule has 4 rings (SSSR count). The smallest absolute Gasteiger partial charge is 0.296 e. The maximum atomic E-state index is 13.7. The molecule has 0 fully saturated rings. The number of rotatable bonds is 9. The van der Waals surface area contributed by atoms with E-state index < -0.39 is 26.2 Å². The normalized spacial score (nSPS) is 12.4. The summed E-state index contributed by atoms with van der Waals surface area (Å²) in [7, 11) is -4.37. The van der Waals surface area contributed by atoms with Crippen molar-refractivity contribution in [2.75, 3.05) is 0 Å². The number of aromatic hydroxyl groups is 1. The van der Waals surface area contributed by atoms with Gasteiger partial charge in [0.2, 0.25) is 15.7 Å². The first-order valence-corrected chi connectivity index (χ1v) is 13.8. The van der Waals surface area contributed by atoms with Crippen LogP contribution in [0.3, 0.4) is 0 Å². The van der Waals surface area contributed by atoms with Crippen LogP contribution in [0.15, 0.2) is 81.6 Å². The second-order valence-corrected chi connectivity index (χ2v) is 10.7. The highest BCUT2D eigenvalue weighted by Crippen LogP contribution is 2.33. The molecule has 1 atom stereocenters. The lowest BCUT2D eigenvalue weighted by Crippen LogP contribution is -2.27. The van der Waals surface area contributed by atoms with Crippen LogP contribution >= 0.6 is 0 Å². The zero-order valence-corrected chi connectivity index (χ0v) is 21.9. The molecular formula is C28H30N4O4S. The molecule has 9 heteroatoms. The van der Waals surface area contributed by atoms with Crippen LogP contribution in [0.4, 0.5) is 0 Å². The number of benzene rings is 2. The maximum absolute atomic E-state index is 13.7. The molecule has 4 aromatic rings. The third-order valence-corrected chi connectivity index (χ3v) is 8.11. The predicted molar refractivity (Wildman–Crippen MR) is 141 cm³/mol. The summed E-state index contributed by atoms with van der Waals surface area (Å²) in [5.74, 6) is 0.414. The molecule has 0 aliphatic carbocycles. The van der Waals surface area contributed by atoms with Gasteiger partial charge in [0, 0.05) is 24.4 Å². The average molecular weight is 519 g/mol. The molecule has 37 heavy (non-hydrogen) atoms. The zero-order valence-electron chi connectivity index (χ0n) is 21.1. The van der Waals surface area contributed by atoms with Gasteiger partial charge in [-0.25, -0.2) is 18.4 Å². The van der Waals surface area contributed by atoms with Crippen molar-refractivity contribution < 1.29 is 13.5 Å². The first-order valence-electron chi connectivity index (χ1n) is 12.3. The molecule has 0 bridgehead atoms. The number of hydrogen-bond donors (Lipinski definition) is 1. The highest BCUT2D eigenvalue weighted by molar-refractivity contribution is 7.91. The minimum atomic E-state index is -4.37. The van der Waals surface area contributed by atoms with Crippen molar-refractivity contribution in [1.29, 1.82) is 0 Å². The Balaban J connectivity index is 1.84. The number of aromatic nitrogens is 4. The molecule has 2 heterocycles. The summed E-state index contributed by atoms with van der Waals surface area (Å²) in [5.41, 5.74) is 1.38. The number of nitrogens with zero attached hydrogens (tertiary/aromatic N) is 4. The Labute approximate surface area is 216 Å². The first-order chi connectivity index (χ1) is 17.8. The largest absolute Gasteiger partial charge is 0.493 e. The standard InChI is InChI=1S/C28H30N4O4S/c1-4-6-12-25-31-27(33)26(28(34)32(25)24(5-2)21-10-8-7-9-11-21)37(35,36)23-15-13-20(14-16-23)22-17-29-19(3)30-18-22/h7-11,13-18,24,34H,4-6,12H2,1-3H3. The van der Waals surface area contributed by atoms with E-state index in [9.17, 15) is 18.3 Å². The van der Waals surface area contributed by atoms with Crippen LogP contribution in [0.25, 0.3) is 11.1 Å². The van der Waals surface area contributed by atoms with E-state index in [4.69, 9.17) is 0 Å². The summed E-state index contributed by atoms with van der Waals surface area (Å²) in [4.78, 5) is 24.8. The van der Waals surface area contributed by atoms with Crippen LogP contribution in [-0.4, -0.2) is 33.0 Å². The highest BCUT2D eigenvalue weighted by Gasteiger charge is 2.31. The molecule has 2 aromatic carbocycles. The molecule has 0 spiro atoms. The second kappa shape index (κ2) is 11.0. The van der Waals surface area contributed by atoms with E-state index in [1.807, 2.05) is 44.2 Å². The Morgan fingerprint density at radius 2 is 1.59 bits per heavy atom. The highest BCUT2D eigenvalue weighted by atomic mass is 32.2. The quantitative estimate of drug-likeness (QED) is 0.335. The minimum absolute atomic E-state index is 0.112. The Hall–Kier alpha value is -3.85. The monoisotopic (exact) mass is 518 g/mol. The third-order valence-electron chi connectivity index (χ3n) is 6.32. The van der Waals surface area contributed by atoms with Gasteiger partial charge in [0.05, 0.1) is 10.9 Å². The molecule has 1 unspecified atom stereocenters. The van der Waals surface area contributed by atoms with Gasteiger partial charge in [-0.3, -0.25) is 9.36 Å². The number of hydrogen-bond acceptors (Lipinski definition) is 7. The van der Waals surface area contributed by atoms with Crippen LogP contribution in [0.2, 0.25) is 0 Å². The van der Waals surface area contributed by atoms with Gasteiger partial charge in [0.15, 0.2) is 4.90 Å². The summed E-state index contributed by atoms with van der Waals surface area (Å²) >= 11 is 0. The topological polar surface area (TPSA) is 115 Å². The Bertz CT molecular complexity index is 1530. The molecular weight excluding hydrogens is 488 g/mol. The van der Waals surface area contributed by atoms with Crippen molar-refractivity contribution in [3.8, 4) is 17.0 Å². The molecule has 0 saturated heterocycles. The van der Waals surface area contributed by atoms with Crippen molar-refractivity contribution >= 4 is 9.84 Å². The fourth-order valence-electron chi connectivity index (χ4n) is 4.35. The Kier molecular flexibility index (Phi) is 7.83. The number of aryl methyl sites for hydroxylation is 2. The lowest BCUT2D eigenvalue weighted by atomic mass is 10.0. The molecule has 0 aliphatic rings. The average Bonchev–Trinajstić information content (AvgIpc) is 2.90. The van der Waals surface area contributed by atoms with Gasteiger partial charge in [0.1, 0.15) is 11.6 Å². The van der Waals surface area contributed by atoms with E-state index in [1.54, 1.807) is 31.5 Å². The van der Waals surface area contributed by atoms with Crippen LogP contribution < -0.4 is 5.56 Å². The van der Waals surface area contributed by atoms with Gasteiger partial charge in [-0.05, 0) is 43.0 Å². The van der Waals surface area contributed by atoms with E-state index in [2.05, 4.69) is 15.0 Å². The van der Waals surface area contributed by atoms with Gasteiger partial charge in [-0.2, -0.15) is 4.98 Å². The first kappa shape index (κ1) is 26.2. The fourth-order valence-corrected chi connectivity index (χ4v) is 5.70. The summed E-state index contributed by atoms with van der Waals surface area (Å²) in [6.07, 6.45) is 5.92. The van der Waals surface area contributed by atoms with E-state index in [-0.39, 0.29) is 10.9 Å². The Morgan fingerprint density at radius 1 is 0.946 bits per heavy atom. The third kappa shape index (κ3) is 5.32. The van der Waals surface area contributed by atoms with E-state index in [1.165, 1.54) is 16.7 Å². The summed E-state index contributed by atoms with van der Waals surface area (Å²) in [6, 6.07) is 15.2. The van der Waals surface area contributed by atoms with Crippen LogP contribution in [-0.2, 0) is 16.3 Å². The lowest BCUT2D eigenvalue weighted by molar-refractivity contribution is 0.358. The molecule has 8 nitrogen and oxygen atoms in total. The van der Waals surface area contributed by atoms with Crippen molar-refractivity contribution in [2.45, 2.75) is 62.3 Å². The van der Waals surface area contributed by atoms with Gasteiger partial charge >= 0.3 is 0 Å². The second-order valence-electron chi connectivity index (χ2n) is 8.84. The van der Waals surface area contributed by atoms with E-state index in [0.29, 0.717) is 24.5 Å². The molecule has 0 amide bonds. The van der Waals surface area contributed by atoms with E-state index in [0.717, 1.165) is 29.5 Å². The Morgan fingerprint density at radius 3 is 2.19 bits per heavy atom. The van der Waals surface area contributed by atoms with Gasteiger partial charge < -0.3 is 5.11 Å². The van der Waals surface area contributed by atoms with E-state index >= 15 is 0 Å². The number of unbranched alkanes of at least 4 members (excludes halogenated alkanes) is 1. The minimum Gasteiger partial charge on any atom is -0.493 e. The van der Waals surface area contributed by atoms with Crippen molar-refractivity contribution in [2.24, 2.45) is 0 Å². The fraction of sp³-hybridized carbons (Fsp3) is 0.286. The zero-order chi connectivity index (χ0) is 26.6. The van der Waals surface area contributed by atoms with Crippen LogP contribution in [0.1, 0.15) is 56.4 Å². The molecule has 2 aromatic heterocycles. The lowest BCUT2D eigenvalue weighted by Gasteiger charge is -2.25. The number of sulfone groups is 1. The van der Waals surface area contributed by atoms with Gasteiger partial charge in [-0.1, -0.05) is 62.7 Å². The predicted octanol–water partition coefficient (Wildman–Crippen LogP) is 4.89. The SMILES string of the molecule is CCCCc1nc(=O)c(S(=O)(=O)c2ccc(-c3cnc(C)nc3)cc2)c(O)n1C(CC)c1ccccc1. The van der Waals surface area contributed by atoms with Crippen LogP contribution in [0.5, 0.6) is 5.88 Å². The molecule has 0 saturated carbocycles. The van der Waals surface area contributed by atoms with Crippen molar-refractivity contribution in [1.82, 2.24) is 19.5 Å². The molecule has 1 N–H and O–H groups in total. The van der Waals surface area contributed by atoms with Crippen LogP contribution in [0, 0.1) is 6.92 Å². The molecule has 0 aliphatic heterocycles. The van der Waals surface area contributed by atoms with Gasteiger partial charge in [0.25, 0.3) is 5.56 Å².